The molecule has 1 fully saturated rings. The molecule has 1 aromatic rings. The van der Waals surface area contributed by atoms with Crippen LogP contribution in [0.1, 0.15) is 25.0 Å². The Morgan fingerprint density at radius 2 is 2.23 bits per heavy atom. The predicted molar refractivity (Wildman–Crippen MR) is 48.3 cm³/mol. The van der Waals surface area contributed by atoms with E-state index in [0.29, 0.717) is 5.88 Å². The van der Waals surface area contributed by atoms with Gasteiger partial charge in [0.15, 0.2) is 0 Å². The van der Waals surface area contributed by atoms with Crippen molar-refractivity contribution >= 4 is 0 Å². The second-order valence-corrected chi connectivity index (χ2v) is 3.46. The maximum absolute atomic E-state index is 6.09. The van der Waals surface area contributed by atoms with Gasteiger partial charge in [0.1, 0.15) is 0 Å². The van der Waals surface area contributed by atoms with Crippen molar-refractivity contribution in [3.05, 3.63) is 18.1 Å². The minimum atomic E-state index is -0.248. The fourth-order valence-electron chi connectivity index (χ4n) is 1.50. The Morgan fingerprint density at radius 3 is 2.77 bits per heavy atom. The summed E-state index contributed by atoms with van der Waals surface area (Å²) in [6.45, 7) is 0. The summed E-state index contributed by atoms with van der Waals surface area (Å²) in [5, 5.41) is 0. The highest BCUT2D eigenvalue weighted by Gasteiger charge is 2.36. The van der Waals surface area contributed by atoms with Crippen LogP contribution in [0.4, 0.5) is 0 Å². The van der Waals surface area contributed by atoms with Gasteiger partial charge in [-0.1, -0.05) is 0 Å². The van der Waals surface area contributed by atoms with Gasteiger partial charge in [-0.15, -0.1) is 0 Å². The van der Waals surface area contributed by atoms with Crippen LogP contribution in [0, 0.1) is 0 Å². The van der Waals surface area contributed by atoms with Gasteiger partial charge in [0.25, 0.3) is 0 Å². The maximum atomic E-state index is 6.09. The predicted octanol–water partition coefficient (Wildman–Crippen LogP) is 0.823. The summed E-state index contributed by atoms with van der Waals surface area (Å²) < 4.78 is 4.99. The lowest BCUT2D eigenvalue weighted by molar-refractivity contribution is 0.242. The lowest BCUT2D eigenvalue weighted by Crippen LogP contribution is -2.44. The molecule has 0 radical (unpaired) electrons. The van der Waals surface area contributed by atoms with Gasteiger partial charge < -0.3 is 10.5 Å². The number of methoxy groups -OCH3 is 1. The van der Waals surface area contributed by atoms with Crippen molar-refractivity contribution in [3.8, 4) is 5.88 Å². The summed E-state index contributed by atoms with van der Waals surface area (Å²) >= 11 is 0. The number of hydrogen-bond acceptors (Lipinski definition) is 4. The van der Waals surface area contributed by atoms with Crippen molar-refractivity contribution in [1.82, 2.24) is 9.97 Å². The summed E-state index contributed by atoms with van der Waals surface area (Å²) in [6, 6.07) is 0. The quantitative estimate of drug-likeness (QED) is 0.730. The molecule has 2 rings (SSSR count). The summed E-state index contributed by atoms with van der Waals surface area (Å²) in [5.41, 5.74) is 6.69. The molecule has 0 aliphatic heterocycles. The third kappa shape index (κ3) is 1.37. The molecule has 4 nitrogen and oxygen atoms in total. The molecule has 70 valence electrons. The number of hydrogen-bond donors (Lipinski definition) is 1. The minimum Gasteiger partial charge on any atom is -0.480 e. The maximum Gasteiger partial charge on any atom is 0.232 e. The second kappa shape index (κ2) is 2.96. The first-order chi connectivity index (χ1) is 6.24. The molecule has 2 N–H and O–H groups in total. The topological polar surface area (TPSA) is 61.0 Å². The summed E-state index contributed by atoms with van der Waals surface area (Å²) in [5.74, 6) is 0.536. The first-order valence-corrected chi connectivity index (χ1v) is 4.40. The third-order valence-electron chi connectivity index (χ3n) is 2.58. The molecule has 0 unspecified atom stereocenters. The molecule has 1 saturated carbocycles. The van der Waals surface area contributed by atoms with E-state index in [1.807, 2.05) is 0 Å². The van der Waals surface area contributed by atoms with Gasteiger partial charge in [0.05, 0.1) is 30.7 Å². The molecule has 1 aromatic heterocycles. The van der Waals surface area contributed by atoms with Crippen molar-refractivity contribution in [3.63, 3.8) is 0 Å². The Kier molecular flexibility index (Phi) is 1.92. The molecule has 1 aliphatic carbocycles. The van der Waals surface area contributed by atoms with Crippen LogP contribution in [0.5, 0.6) is 5.88 Å². The van der Waals surface area contributed by atoms with E-state index in [2.05, 4.69) is 9.97 Å². The lowest BCUT2D eigenvalue weighted by atomic mass is 9.75. The number of ether oxygens (including phenoxy) is 1. The van der Waals surface area contributed by atoms with Crippen LogP contribution in [0.2, 0.25) is 0 Å². The third-order valence-corrected chi connectivity index (χ3v) is 2.58. The molecule has 4 heteroatoms. The molecule has 13 heavy (non-hydrogen) atoms. The smallest absolute Gasteiger partial charge is 0.232 e. The van der Waals surface area contributed by atoms with Gasteiger partial charge in [-0.25, -0.2) is 4.98 Å². The van der Waals surface area contributed by atoms with Gasteiger partial charge in [-0.2, -0.15) is 0 Å². The van der Waals surface area contributed by atoms with Gasteiger partial charge in [-0.05, 0) is 19.3 Å². The first kappa shape index (κ1) is 8.44. The van der Waals surface area contributed by atoms with E-state index in [0.717, 1.165) is 18.5 Å². The van der Waals surface area contributed by atoms with Gasteiger partial charge in [-0.3, -0.25) is 4.98 Å². The zero-order chi connectivity index (χ0) is 9.31. The van der Waals surface area contributed by atoms with E-state index in [1.165, 1.54) is 6.42 Å². The average molecular weight is 179 g/mol. The molecule has 1 heterocycles. The average Bonchev–Trinajstić information content (AvgIpc) is 2.14. The van der Waals surface area contributed by atoms with E-state index in [9.17, 15) is 0 Å². The number of aromatic nitrogens is 2. The fourth-order valence-corrected chi connectivity index (χ4v) is 1.50. The largest absolute Gasteiger partial charge is 0.480 e. The summed E-state index contributed by atoms with van der Waals surface area (Å²) in [6.07, 6.45) is 6.48. The lowest BCUT2D eigenvalue weighted by Gasteiger charge is -2.37. The van der Waals surface area contributed by atoms with Crippen LogP contribution >= 0.6 is 0 Å². The van der Waals surface area contributed by atoms with Gasteiger partial charge in [0, 0.05) is 0 Å². The summed E-state index contributed by atoms with van der Waals surface area (Å²) in [4.78, 5) is 8.31. The van der Waals surface area contributed by atoms with Gasteiger partial charge >= 0.3 is 0 Å². The van der Waals surface area contributed by atoms with Gasteiger partial charge in [0.2, 0.25) is 5.88 Å². The van der Waals surface area contributed by atoms with Crippen LogP contribution in [0.3, 0.4) is 0 Å². The van der Waals surface area contributed by atoms with Crippen molar-refractivity contribution in [2.24, 2.45) is 5.73 Å². The van der Waals surface area contributed by atoms with E-state index >= 15 is 0 Å². The number of nitrogens with zero attached hydrogens (tertiary/aromatic N) is 2. The highest BCUT2D eigenvalue weighted by molar-refractivity contribution is 5.18. The van der Waals surface area contributed by atoms with Crippen LogP contribution in [-0.4, -0.2) is 17.1 Å². The zero-order valence-electron chi connectivity index (χ0n) is 7.66. The monoisotopic (exact) mass is 179 g/mol. The molecule has 0 spiro atoms. The minimum absolute atomic E-state index is 0.248. The van der Waals surface area contributed by atoms with Crippen molar-refractivity contribution < 1.29 is 4.74 Å². The second-order valence-electron chi connectivity index (χ2n) is 3.46. The number of rotatable bonds is 2. The van der Waals surface area contributed by atoms with E-state index < -0.39 is 0 Å². The molecular weight excluding hydrogens is 166 g/mol. The molecule has 0 amide bonds. The Bertz CT molecular complexity index is 309. The van der Waals surface area contributed by atoms with E-state index in [1.54, 1.807) is 19.5 Å². The van der Waals surface area contributed by atoms with Crippen molar-refractivity contribution in [2.75, 3.05) is 7.11 Å². The standard InChI is InChI=1S/C9H13N3O/c1-13-8-6-11-5-7(12-8)9(10)3-2-4-9/h5-6H,2-4,10H2,1H3. The van der Waals surface area contributed by atoms with Crippen molar-refractivity contribution in [1.29, 1.82) is 0 Å². The first-order valence-electron chi connectivity index (χ1n) is 4.40. The molecule has 0 aromatic carbocycles. The highest BCUT2D eigenvalue weighted by atomic mass is 16.5. The van der Waals surface area contributed by atoms with E-state index in [4.69, 9.17) is 10.5 Å². The molecule has 0 saturated heterocycles. The van der Waals surface area contributed by atoms with E-state index in [-0.39, 0.29) is 5.54 Å². The fraction of sp³-hybridized carbons (Fsp3) is 0.556. The Labute approximate surface area is 77.1 Å². The molecule has 0 bridgehead atoms. The highest BCUT2D eigenvalue weighted by Crippen LogP contribution is 2.37. The Hall–Kier alpha value is -1.16. The number of nitrogens with two attached hydrogens (primary N) is 1. The Balaban J connectivity index is 2.29. The SMILES string of the molecule is COc1cncc(C2(N)CCC2)n1. The van der Waals surface area contributed by atoms with Crippen LogP contribution in [-0.2, 0) is 5.54 Å². The summed E-state index contributed by atoms with van der Waals surface area (Å²) in [7, 11) is 1.58. The molecule has 1 aliphatic rings. The molecule has 0 atom stereocenters. The zero-order valence-corrected chi connectivity index (χ0v) is 7.66. The van der Waals surface area contributed by atoms with Crippen LogP contribution in [0.15, 0.2) is 12.4 Å². The molecular formula is C9H13N3O. The van der Waals surface area contributed by atoms with Crippen molar-refractivity contribution in [2.45, 2.75) is 24.8 Å². The normalized spacial score (nSPS) is 19.2. The van der Waals surface area contributed by atoms with Crippen LogP contribution in [0.25, 0.3) is 0 Å². The Morgan fingerprint density at radius 1 is 1.46 bits per heavy atom. The van der Waals surface area contributed by atoms with Crippen LogP contribution < -0.4 is 10.5 Å².